The Hall–Kier alpha value is -0.400. The van der Waals surface area contributed by atoms with Gasteiger partial charge in [0.05, 0.1) is 25.0 Å². The molecule has 10 heteroatoms. The Morgan fingerprint density at radius 2 is 1.90 bits per heavy atom. The van der Waals surface area contributed by atoms with Crippen molar-refractivity contribution in [1.29, 1.82) is 0 Å². The molecule has 0 spiro atoms. The van der Waals surface area contributed by atoms with Crippen molar-refractivity contribution in [1.82, 2.24) is 30.7 Å². The molecule has 3 unspecified atom stereocenters. The van der Waals surface area contributed by atoms with Crippen LogP contribution in [0, 0.1) is 5.92 Å². The van der Waals surface area contributed by atoms with Crippen LogP contribution in [0.3, 0.4) is 0 Å². The molecule has 10 nitrogen and oxygen atoms in total. The van der Waals surface area contributed by atoms with Crippen molar-refractivity contribution >= 4 is 0 Å². The van der Waals surface area contributed by atoms with Crippen LogP contribution in [-0.4, -0.2) is 121 Å². The molecule has 4 saturated heterocycles. The molecule has 0 bridgehead atoms. The van der Waals surface area contributed by atoms with E-state index in [9.17, 15) is 10.2 Å². The largest absolute Gasteiger partial charge is 0.387 e. The van der Waals surface area contributed by atoms with Crippen LogP contribution in [0.2, 0.25) is 0 Å². The molecule has 4 fully saturated rings. The normalized spacial score (nSPS) is 42.6. The van der Waals surface area contributed by atoms with E-state index in [-0.39, 0.29) is 18.4 Å². The van der Waals surface area contributed by atoms with Crippen LogP contribution < -0.4 is 21.7 Å². The highest BCUT2D eigenvalue weighted by molar-refractivity contribution is 5.01. The van der Waals surface area contributed by atoms with Crippen LogP contribution in [0.5, 0.6) is 0 Å². The van der Waals surface area contributed by atoms with E-state index in [4.69, 9.17) is 10.5 Å². The van der Waals surface area contributed by atoms with Gasteiger partial charge in [-0.3, -0.25) is 16.0 Å². The minimum atomic E-state index is -0.939. The first-order valence-corrected chi connectivity index (χ1v) is 11.1. The van der Waals surface area contributed by atoms with Gasteiger partial charge in [0.15, 0.2) is 0 Å². The summed E-state index contributed by atoms with van der Waals surface area (Å²) in [5, 5.41) is 31.2. The summed E-state index contributed by atoms with van der Waals surface area (Å²) in [5.41, 5.74) is 6.13. The lowest BCUT2D eigenvalue weighted by atomic mass is 9.99. The highest BCUT2D eigenvalue weighted by atomic mass is 16.6. The number of aliphatic hydroxyl groups excluding tert-OH is 2. The van der Waals surface area contributed by atoms with Crippen LogP contribution in [-0.2, 0) is 4.74 Å². The van der Waals surface area contributed by atoms with E-state index in [1.54, 1.807) is 0 Å². The maximum atomic E-state index is 10.7. The van der Waals surface area contributed by atoms with Crippen molar-refractivity contribution in [2.75, 3.05) is 53.1 Å². The summed E-state index contributed by atoms with van der Waals surface area (Å²) < 4.78 is 6.16. The Balaban J connectivity index is 1.27. The van der Waals surface area contributed by atoms with Crippen LogP contribution in [0.25, 0.3) is 0 Å². The summed E-state index contributed by atoms with van der Waals surface area (Å²) in [6, 6.07) is 0.0330. The number of ether oxygens (including phenoxy) is 1. The third-order valence-corrected chi connectivity index (χ3v) is 7.07. The number of likely N-dealkylation sites (tertiary alicyclic amines) is 1. The Labute approximate surface area is 173 Å². The summed E-state index contributed by atoms with van der Waals surface area (Å²) in [7, 11) is 2.06. The number of likely N-dealkylation sites (N-methyl/N-ethyl adjacent to an activating group) is 1. The summed E-state index contributed by atoms with van der Waals surface area (Å²) in [5.74, 6) is 0.841. The fraction of sp³-hybridized carbons (Fsp3) is 1.00. The topological polar surface area (TPSA) is 122 Å². The Bertz CT molecular complexity index is 536. The number of fused-ring (bicyclic) bond motifs is 1. The lowest BCUT2D eigenvalue weighted by Crippen LogP contribution is -2.68. The summed E-state index contributed by atoms with van der Waals surface area (Å²) in [6.45, 7) is 8.40. The predicted octanol–water partition coefficient (Wildman–Crippen LogP) is -2.91. The Morgan fingerprint density at radius 1 is 1.14 bits per heavy atom. The van der Waals surface area contributed by atoms with Crippen LogP contribution in [0.1, 0.15) is 19.8 Å². The fourth-order valence-electron chi connectivity index (χ4n) is 5.00. The monoisotopic (exact) mass is 413 g/mol. The van der Waals surface area contributed by atoms with E-state index in [1.165, 1.54) is 25.9 Å². The molecule has 0 aromatic heterocycles. The molecule has 0 aromatic carbocycles. The van der Waals surface area contributed by atoms with Gasteiger partial charge in [0.1, 0.15) is 24.5 Å². The zero-order valence-corrected chi connectivity index (χ0v) is 17.7. The first kappa shape index (κ1) is 21.8. The van der Waals surface area contributed by atoms with Crippen molar-refractivity contribution in [3.05, 3.63) is 0 Å². The maximum Gasteiger partial charge on any atom is 0.142 e. The zero-order valence-electron chi connectivity index (χ0n) is 17.7. The Kier molecular flexibility index (Phi) is 7.07. The lowest BCUT2D eigenvalue weighted by molar-refractivity contribution is -0.106. The summed E-state index contributed by atoms with van der Waals surface area (Å²) in [4.78, 5) is 6.75. The van der Waals surface area contributed by atoms with Crippen molar-refractivity contribution in [2.45, 2.75) is 62.7 Å². The summed E-state index contributed by atoms with van der Waals surface area (Å²) in [6.07, 6.45) is -0.422. The molecule has 4 aliphatic rings. The second kappa shape index (κ2) is 9.39. The number of nitrogens with two attached hydrogens (primary N) is 1. The number of nitrogens with zero attached hydrogens (tertiary/aromatic N) is 3. The van der Waals surface area contributed by atoms with Crippen LogP contribution >= 0.6 is 0 Å². The molecular formula is C19H39N7O3. The smallest absolute Gasteiger partial charge is 0.142 e. The van der Waals surface area contributed by atoms with E-state index < -0.39 is 24.5 Å². The van der Waals surface area contributed by atoms with E-state index >= 15 is 0 Å². The molecule has 0 radical (unpaired) electrons. The quantitative estimate of drug-likeness (QED) is 0.270. The molecular weight excluding hydrogens is 374 g/mol. The molecule has 0 aromatic rings. The van der Waals surface area contributed by atoms with Gasteiger partial charge in [-0.25, -0.2) is 4.90 Å². The van der Waals surface area contributed by atoms with E-state index in [1.807, 2.05) is 4.90 Å². The summed E-state index contributed by atoms with van der Waals surface area (Å²) >= 11 is 0. The van der Waals surface area contributed by atoms with Gasteiger partial charge in [0, 0.05) is 26.3 Å². The van der Waals surface area contributed by atoms with Gasteiger partial charge < -0.3 is 30.5 Å². The Morgan fingerprint density at radius 3 is 2.66 bits per heavy atom. The number of aliphatic hydroxyl groups is 2. The van der Waals surface area contributed by atoms with Crippen LogP contribution in [0.4, 0.5) is 0 Å². The number of hydrogen-bond acceptors (Lipinski definition) is 10. The number of rotatable bonds is 6. The second-order valence-electron chi connectivity index (χ2n) is 9.29. The second-order valence-corrected chi connectivity index (χ2v) is 9.29. The molecule has 0 amide bonds. The highest BCUT2D eigenvalue weighted by Gasteiger charge is 2.51. The zero-order chi connectivity index (χ0) is 20.5. The fourth-order valence-corrected chi connectivity index (χ4v) is 5.00. The minimum Gasteiger partial charge on any atom is -0.387 e. The van der Waals surface area contributed by atoms with Crippen molar-refractivity contribution in [3.63, 3.8) is 0 Å². The van der Waals surface area contributed by atoms with Gasteiger partial charge in [0.25, 0.3) is 0 Å². The number of nitrogens with one attached hydrogen (secondary N) is 3. The van der Waals surface area contributed by atoms with Gasteiger partial charge in [-0.05, 0) is 38.9 Å². The van der Waals surface area contributed by atoms with Crippen molar-refractivity contribution in [3.8, 4) is 0 Å². The molecule has 29 heavy (non-hydrogen) atoms. The standard InChI is InChI=1S/C19H39N7O3/c1-12-3-5-25(6-4-12)8-7-24(2)9-13-15(27)16(28)19(29-13)26-11-23-14-17(20)21-10-22-18(14)26/h12-19,21-23,27-28H,3-11,20H2,1-2H3/t13-,14?,15-,16-,17?,18?,19-/m1/s1. The molecule has 168 valence electrons. The molecule has 4 rings (SSSR count). The molecule has 4 aliphatic heterocycles. The highest BCUT2D eigenvalue weighted by Crippen LogP contribution is 2.28. The number of piperidine rings is 1. The van der Waals surface area contributed by atoms with Crippen molar-refractivity contribution < 1.29 is 14.9 Å². The number of hydrogen-bond donors (Lipinski definition) is 6. The van der Waals surface area contributed by atoms with E-state index in [0.717, 1.165) is 19.0 Å². The van der Waals surface area contributed by atoms with Crippen LogP contribution in [0.15, 0.2) is 0 Å². The van der Waals surface area contributed by atoms with Crippen molar-refractivity contribution in [2.24, 2.45) is 11.7 Å². The third-order valence-electron chi connectivity index (χ3n) is 7.07. The predicted molar refractivity (Wildman–Crippen MR) is 110 cm³/mol. The minimum absolute atomic E-state index is 0.0314. The first-order chi connectivity index (χ1) is 13.9. The van der Waals surface area contributed by atoms with E-state index in [0.29, 0.717) is 19.9 Å². The van der Waals surface area contributed by atoms with Gasteiger partial charge >= 0.3 is 0 Å². The van der Waals surface area contributed by atoms with Gasteiger partial charge in [-0.15, -0.1) is 0 Å². The molecule has 0 aliphatic carbocycles. The molecule has 7 N–H and O–H groups in total. The first-order valence-electron chi connectivity index (χ1n) is 11.1. The SMILES string of the molecule is CC1CCN(CCN(C)C[C@H]2O[C@@H](N3CNC4C(N)NCNC43)[C@H](O)[C@@H]2O)CC1. The van der Waals surface area contributed by atoms with Gasteiger partial charge in [-0.1, -0.05) is 6.92 Å². The van der Waals surface area contributed by atoms with Gasteiger partial charge in [0.2, 0.25) is 0 Å². The average Bonchev–Trinajstić information content (AvgIpc) is 3.25. The molecule has 7 atom stereocenters. The lowest BCUT2D eigenvalue weighted by Gasteiger charge is -2.38. The maximum absolute atomic E-state index is 10.7. The third kappa shape index (κ3) is 4.77. The molecule has 4 heterocycles. The average molecular weight is 414 g/mol. The van der Waals surface area contributed by atoms with E-state index in [2.05, 4.69) is 39.7 Å². The molecule has 0 saturated carbocycles. The van der Waals surface area contributed by atoms with Gasteiger partial charge in [-0.2, -0.15) is 0 Å².